The highest BCUT2D eigenvalue weighted by molar-refractivity contribution is 6.24. The molecule has 4 nitrogen and oxygen atoms in total. The van der Waals surface area contributed by atoms with E-state index in [0.29, 0.717) is 0 Å². The molecular weight excluding hydrogens is 588 g/mol. The summed E-state index contributed by atoms with van der Waals surface area (Å²) < 4.78 is 13.7. The molecule has 2 heterocycles. The number of benzene rings is 7. The summed E-state index contributed by atoms with van der Waals surface area (Å²) in [6.07, 6.45) is 8.88. The minimum Gasteiger partial charge on any atom is -0.456 e. The van der Waals surface area contributed by atoms with Gasteiger partial charge in [0.05, 0.1) is 11.4 Å². The Hall–Kier alpha value is -6.26. The van der Waals surface area contributed by atoms with E-state index in [1.54, 1.807) is 0 Å². The Labute approximate surface area is 277 Å². The summed E-state index contributed by atoms with van der Waals surface area (Å²) >= 11 is 0. The van der Waals surface area contributed by atoms with Crippen LogP contribution < -0.4 is 9.80 Å². The van der Waals surface area contributed by atoms with E-state index in [4.69, 9.17) is 8.83 Å². The summed E-state index contributed by atoms with van der Waals surface area (Å²) in [7, 11) is 0. The molecular formula is C44H30N2O2. The number of hydrogen-bond donors (Lipinski definition) is 0. The van der Waals surface area contributed by atoms with Gasteiger partial charge in [-0.3, -0.25) is 0 Å². The van der Waals surface area contributed by atoms with E-state index in [1.807, 2.05) is 12.1 Å². The van der Waals surface area contributed by atoms with Crippen LogP contribution in [-0.2, 0) is 0 Å². The van der Waals surface area contributed by atoms with Gasteiger partial charge in [-0.2, -0.15) is 0 Å². The van der Waals surface area contributed by atoms with Crippen molar-refractivity contribution >= 4 is 72.3 Å². The molecule has 0 amide bonds. The van der Waals surface area contributed by atoms with E-state index in [0.717, 1.165) is 96.3 Å². The van der Waals surface area contributed by atoms with Crippen LogP contribution in [0.2, 0.25) is 0 Å². The molecule has 10 rings (SSSR count). The lowest BCUT2D eigenvalue weighted by atomic mass is 9.89. The van der Waals surface area contributed by atoms with Crippen LogP contribution in [0.25, 0.3) is 55.0 Å². The number of rotatable bonds is 6. The zero-order chi connectivity index (χ0) is 31.6. The van der Waals surface area contributed by atoms with Crippen LogP contribution in [-0.4, -0.2) is 0 Å². The maximum Gasteiger partial charge on any atom is 0.138 e. The molecule has 0 saturated carbocycles. The van der Waals surface area contributed by atoms with Crippen molar-refractivity contribution in [3.63, 3.8) is 0 Å². The van der Waals surface area contributed by atoms with Gasteiger partial charge in [0.1, 0.15) is 22.3 Å². The van der Waals surface area contributed by atoms with Crippen molar-refractivity contribution in [2.24, 2.45) is 0 Å². The standard InChI is InChI=1S/C44H30N2O2/c1-5-13-31(14-6-1)45(32-15-7-2-8-16-32)35-25-29-21-23-38-43-41(29)39(27-35)47-37-24-22-30-26-36(28-40(48-38)42(30)44(37)43)46(33-17-9-3-10-18-33)34-19-11-4-12-20-34/h1-3,5-11,13-28H,4,12H2. The minimum absolute atomic E-state index is 0.831. The number of allylic oxidation sites excluding steroid dienone is 3. The number of nitrogens with zero attached hydrogens (tertiary/aromatic N) is 2. The zero-order valence-corrected chi connectivity index (χ0v) is 26.1. The Morgan fingerprint density at radius 1 is 0.417 bits per heavy atom. The van der Waals surface area contributed by atoms with Crippen molar-refractivity contribution in [1.29, 1.82) is 0 Å². The summed E-state index contributed by atoms with van der Waals surface area (Å²) in [6.45, 7) is 0. The van der Waals surface area contributed by atoms with Crippen LogP contribution >= 0.6 is 0 Å². The van der Waals surface area contributed by atoms with E-state index in [-0.39, 0.29) is 0 Å². The van der Waals surface area contributed by atoms with Crippen LogP contribution in [0.3, 0.4) is 0 Å². The molecule has 0 spiro atoms. The SMILES string of the molecule is C1=CC(N(c2ccccc2)c2cc3ccc4oc5cc(N(c6ccccc6)c6ccccc6)cc6ccc7oc(c2)c3c4-c7c65)=CCC1. The van der Waals surface area contributed by atoms with Crippen LogP contribution in [0.4, 0.5) is 28.4 Å². The summed E-state index contributed by atoms with van der Waals surface area (Å²) in [5.41, 5.74) is 12.1. The van der Waals surface area contributed by atoms with Crippen molar-refractivity contribution in [3.05, 3.63) is 163 Å². The first-order chi connectivity index (χ1) is 23.8. The molecule has 0 N–H and O–H groups in total. The molecule has 0 atom stereocenters. The predicted octanol–water partition coefficient (Wildman–Crippen LogP) is 12.9. The van der Waals surface area contributed by atoms with Gasteiger partial charge in [0, 0.05) is 56.8 Å². The van der Waals surface area contributed by atoms with E-state index in [9.17, 15) is 0 Å². The molecule has 2 aliphatic heterocycles. The Kier molecular flexibility index (Phi) is 5.97. The maximum atomic E-state index is 6.84. The minimum atomic E-state index is 0.831. The van der Waals surface area contributed by atoms with Crippen molar-refractivity contribution in [1.82, 2.24) is 0 Å². The first-order valence-corrected chi connectivity index (χ1v) is 16.5. The molecule has 0 bridgehead atoms. The van der Waals surface area contributed by atoms with Crippen molar-refractivity contribution in [2.45, 2.75) is 12.8 Å². The van der Waals surface area contributed by atoms with Gasteiger partial charge in [-0.05, 0) is 90.4 Å². The quantitative estimate of drug-likeness (QED) is 0.137. The summed E-state index contributed by atoms with van der Waals surface area (Å²) in [4.78, 5) is 4.60. The molecule has 1 aliphatic carbocycles. The fraction of sp³-hybridized carbons (Fsp3) is 0.0455. The van der Waals surface area contributed by atoms with Gasteiger partial charge in [-0.1, -0.05) is 78.9 Å². The third-order valence-corrected chi connectivity index (χ3v) is 9.54. The Bertz CT molecular complexity index is 2570. The highest BCUT2D eigenvalue weighted by Gasteiger charge is 2.27. The smallest absolute Gasteiger partial charge is 0.138 e. The van der Waals surface area contributed by atoms with E-state index in [1.165, 1.54) is 5.70 Å². The largest absolute Gasteiger partial charge is 0.456 e. The van der Waals surface area contributed by atoms with E-state index >= 15 is 0 Å². The van der Waals surface area contributed by atoms with Gasteiger partial charge in [-0.15, -0.1) is 0 Å². The molecule has 7 aromatic rings. The van der Waals surface area contributed by atoms with Gasteiger partial charge in [0.2, 0.25) is 0 Å². The Morgan fingerprint density at radius 2 is 0.896 bits per heavy atom. The highest BCUT2D eigenvalue weighted by Crippen LogP contribution is 2.50. The molecule has 7 aromatic carbocycles. The van der Waals surface area contributed by atoms with Crippen LogP contribution in [0.1, 0.15) is 12.8 Å². The average molecular weight is 619 g/mol. The maximum absolute atomic E-state index is 6.84. The zero-order valence-electron chi connectivity index (χ0n) is 26.1. The number of hydrogen-bond acceptors (Lipinski definition) is 4. The predicted molar refractivity (Wildman–Crippen MR) is 199 cm³/mol. The van der Waals surface area contributed by atoms with Gasteiger partial charge in [0.15, 0.2) is 0 Å². The van der Waals surface area contributed by atoms with Crippen molar-refractivity contribution in [2.75, 3.05) is 9.80 Å². The van der Waals surface area contributed by atoms with Crippen LogP contribution in [0.5, 0.6) is 0 Å². The molecule has 0 aromatic heterocycles. The molecule has 0 saturated heterocycles. The van der Waals surface area contributed by atoms with Gasteiger partial charge in [0.25, 0.3) is 0 Å². The normalized spacial score (nSPS) is 13.3. The van der Waals surface area contributed by atoms with Gasteiger partial charge < -0.3 is 18.6 Å². The fourth-order valence-corrected chi connectivity index (χ4v) is 7.50. The molecule has 4 heteroatoms. The Balaban J connectivity index is 1.20. The molecule has 0 radical (unpaired) electrons. The second kappa shape index (κ2) is 10.6. The van der Waals surface area contributed by atoms with E-state index in [2.05, 4.69) is 155 Å². The average Bonchev–Trinajstić information content (AvgIpc) is 3.14. The molecule has 228 valence electrons. The second-order valence-corrected chi connectivity index (χ2v) is 12.5. The summed E-state index contributed by atoms with van der Waals surface area (Å²) in [6, 6.07) is 49.0. The molecule has 48 heavy (non-hydrogen) atoms. The third kappa shape index (κ3) is 4.16. The van der Waals surface area contributed by atoms with Crippen LogP contribution in [0, 0.1) is 0 Å². The fourth-order valence-electron chi connectivity index (χ4n) is 7.50. The molecule has 0 unspecified atom stereocenters. The van der Waals surface area contributed by atoms with Gasteiger partial charge >= 0.3 is 0 Å². The lowest BCUT2D eigenvalue weighted by molar-refractivity contribution is 0.646. The van der Waals surface area contributed by atoms with Gasteiger partial charge in [-0.25, -0.2) is 0 Å². The second-order valence-electron chi connectivity index (χ2n) is 12.5. The monoisotopic (exact) mass is 618 g/mol. The summed E-state index contributed by atoms with van der Waals surface area (Å²) in [5.74, 6) is 0. The van der Waals surface area contributed by atoms with Crippen LogP contribution in [0.15, 0.2) is 172 Å². The molecule has 3 aliphatic rings. The Morgan fingerprint density at radius 3 is 1.38 bits per heavy atom. The molecule has 0 fully saturated rings. The van der Waals surface area contributed by atoms with Crippen molar-refractivity contribution < 1.29 is 8.83 Å². The lowest BCUT2D eigenvalue weighted by Crippen LogP contribution is -2.16. The lowest BCUT2D eigenvalue weighted by Gasteiger charge is -2.29. The number of anilines is 5. The highest BCUT2D eigenvalue weighted by atomic mass is 16.3. The van der Waals surface area contributed by atoms with E-state index < -0.39 is 0 Å². The third-order valence-electron chi connectivity index (χ3n) is 9.54. The van der Waals surface area contributed by atoms with Crippen molar-refractivity contribution in [3.8, 4) is 11.1 Å². The summed E-state index contributed by atoms with van der Waals surface area (Å²) in [5, 5.41) is 4.39. The first-order valence-electron chi connectivity index (χ1n) is 16.5. The topological polar surface area (TPSA) is 32.8 Å². The number of para-hydroxylation sites is 3. The first kappa shape index (κ1) is 26.9.